The maximum Gasteiger partial charge on any atom is 0.325 e. The number of aromatic amines is 2. The van der Waals surface area contributed by atoms with Crippen molar-refractivity contribution in [1.29, 1.82) is 0 Å². The Kier molecular flexibility index (Phi) is 5.95. The van der Waals surface area contributed by atoms with E-state index in [9.17, 15) is 14.4 Å². The number of H-pyrrole nitrogens is 2. The van der Waals surface area contributed by atoms with Gasteiger partial charge in [-0.15, -0.1) is 5.10 Å². The smallest absolute Gasteiger partial charge is 0.325 e. The minimum atomic E-state index is -0.553. The van der Waals surface area contributed by atoms with E-state index in [4.69, 9.17) is 0 Å². The molecule has 0 saturated carbocycles. The van der Waals surface area contributed by atoms with Crippen LogP contribution in [0.4, 0.5) is 0 Å². The largest absolute Gasteiger partial charge is 0.350 e. The van der Waals surface area contributed by atoms with E-state index in [-0.39, 0.29) is 18.1 Å². The van der Waals surface area contributed by atoms with Gasteiger partial charge in [0, 0.05) is 30.9 Å². The maximum absolute atomic E-state index is 12.1. The summed E-state index contributed by atoms with van der Waals surface area (Å²) < 4.78 is 1.68. The highest BCUT2D eigenvalue weighted by Gasteiger charge is 2.14. The summed E-state index contributed by atoms with van der Waals surface area (Å²) in [6, 6.07) is 0.501. The number of piperidine rings is 1. The highest BCUT2D eigenvalue weighted by molar-refractivity contribution is 5.91. The molecule has 1 amide bonds. The molecule has 10 nitrogen and oxygen atoms in total. The van der Waals surface area contributed by atoms with Gasteiger partial charge < -0.3 is 15.6 Å². The van der Waals surface area contributed by atoms with Crippen LogP contribution in [0, 0.1) is 0 Å². The van der Waals surface area contributed by atoms with Crippen LogP contribution in [0.5, 0.6) is 0 Å². The zero-order chi connectivity index (χ0) is 18.4. The lowest BCUT2D eigenvalue weighted by atomic mass is 10.0. The van der Waals surface area contributed by atoms with Gasteiger partial charge in [-0.05, 0) is 32.2 Å². The average Bonchev–Trinajstić information content (AvgIpc) is 3.12. The fourth-order valence-electron chi connectivity index (χ4n) is 2.99. The topological polar surface area (TPSA) is 138 Å². The van der Waals surface area contributed by atoms with Crippen molar-refractivity contribution in [2.75, 3.05) is 13.1 Å². The number of carbonyl (C=O) groups excluding carboxylic acids is 1. The third-order valence-corrected chi connectivity index (χ3v) is 4.47. The van der Waals surface area contributed by atoms with Crippen molar-refractivity contribution < 1.29 is 4.79 Å². The number of nitrogens with zero attached hydrogens (tertiary/aromatic N) is 3. The van der Waals surface area contributed by atoms with Gasteiger partial charge in [-0.3, -0.25) is 19.3 Å². The zero-order valence-electron chi connectivity index (χ0n) is 14.5. The van der Waals surface area contributed by atoms with Crippen LogP contribution >= 0.6 is 0 Å². The first-order chi connectivity index (χ1) is 12.6. The fraction of sp³-hybridized carbons (Fsp3) is 0.562. The van der Waals surface area contributed by atoms with Gasteiger partial charge in [-0.1, -0.05) is 11.6 Å². The summed E-state index contributed by atoms with van der Waals surface area (Å²) in [5.74, 6) is -0.340. The molecule has 1 aliphatic heterocycles. The van der Waals surface area contributed by atoms with Gasteiger partial charge >= 0.3 is 5.69 Å². The number of carbonyl (C=O) groups is 1. The molecule has 0 spiro atoms. The van der Waals surface area contributed by atoms with Crippen LogP contribution in [-0.4, -0.2) is 50.0 Å². The molecule has 0 aliphatic carbocycles. The van der Waals surface area contributed by atoms with Crippen LogP contribution in [0.3, 0.4) is 0 Å². The average molecular weight is 361 g/mol. The number of hydrogen-bond acceptors (Lipinski definition) is 6. The minimum Gasteiger partial charge on any atom is -0.350 e. The summed E-state index contributed by atoms with van der Waals surface area (Å²) in [5.41, 5.74) is -0.362. The molecular formula is C16H23N7O3. The molecule has 1 saturated heterocycles. The van der Waals surface area contributed by atoms with Gasteiger partial charge in [-0.25, -0.2) is 4.79 Å². The van der Waals surface area contributed by atoms with Crippen LogP contribution in [0.2, 0.25) is 0 Å². The third-order valence-electron chi connectivity index (χ3n) is 4.47. The quantitative estimate of drug-likeness (QED) is 0.507. The Balaban J connectivity index is 1.45. The molecule has 4 N–H and O–H groups in total. The lowest BCUT2D eigenvalue weighted by molar-refractivity contribution is 0.0949. The highest BCUT2D eigenvalue weighted by Crippen LogP contribution is 2.10. The van der Waals surface area contributed by atoms with Gasteiger partial charge in [0.15, 0.2) is 5.69 Å². The van der Waals surface area contributed by atoms with E-state index in [0.29, 0.717) is 24.6 Å². The fourth-order valence-corrected chi connectivity index (χ4v) is 2.99. The molecule has 1 atom stereocenters. The second-order valence-electron chi connectivity index (χ2n) is 6.41. The van der Waals surface area contributed by atoms with E-state index in [1.54, 1.807) is 10.9 Å². The number of aromatic nitrogens is 5. The van der Waals surface area contributed by atoms with Crippen molar-refractivity contribution >= 4 is 5.91 Å². The molecule has 2 aromatic rings. The molecule has 26 heavy (non-hydrogen) atoms. The summed E-state index contributed by atoms with van der Waals surface area (Å²) in [6.07, 6.45) is 7.90. The molecule has 0 bridgehead atoms. The lowest BCUT2D eigenvalue weighted by Gasteiger charge is -2.23. The molecule has 3 heterocycles. The van der Waals surface area contributed by atoms with Crippen molar-refractivity contribution in [2.45, 2.75) is 44.7 Å². The number of hydrogen-bond donors (Lipinski definition) is 4. The number of rotatable bonds is 7. The Morgan fingerprint density at radius 1 is 1.35 bits per heavy atom. The van der Waals surface area contributed by atoms with Crippen molar-refractivity contribution in [3.05, 3.63) is 44.5 Å². The molecule has 10 heteroatoms. The first-order valence-electron chi connectivity index (χ1n) is 8.84. The van der Waals surface area contributed by atoms with Crippen molar-refractivity contribution in [3.8, 4) is 0 Å². The Morgan fingerprint density at radius 3 is 3.00 bits per heavy atom. The predicted octanol–water partition coefficient (Wildman–Crippen LogP) is -0.841. The third kappa shape index (κ3) is 4.88. The van der Waals surface area contributed by atoms with Crippen LogP contribution in [0.25, 0.3) is 0 Å². The normalized spacial score (nSPS) is 17.2. The monoisotopic (exact) mass is 361 g/mol. The van der Waals surface area contributed by atoms with E-state index in [1.807, 2.05) is 0 Å². The molecule has 3 rings (SSSR count). The number of aryl methyl sites for hydroxylation is 1. The van der Waals surface area contributed by atoms with E-state index in [0.717, 1.165) is 13.0 Å². The van der Waals surface area contributed by atoms with Crippen molar-refractivity contribution in [1.82, 2.24) is 35.6 Å². The molecule has 140 valence electrons. The van der Waals surface area contributed by atoms with Gasteiger partial charge in [0.1, 0.15) is 0 Å². The Morgan fingerprint density at radius 2 is 2.23 bits per heavy atom. The Hall–Kier alpha value is -2.75. The van der Waals surface area contributed by atoms with Crippen LogP contribution in [-0.2, 0) is 13.0 Å². The zero-order valence-corrected chi connectivity index (χ0v) is 14.5. The van der Waals surface area contributed by atoms with Gasteiger partial charge in [0.2, 0.25) is 0 Å². The molecule has 1 fully saturated rings. The highest BCUT2D eigenvalue weighted by atomic mass is 16.2. The van der Waals surface area contributed by atoms with E-state index >= 15 is 0 Å². The first-order valence-corrected chi connectivity index (χ1v) is 8.84. The van der Waals surface area contributed by atoms with Gasteiger partial charge in [-0.2, -0.15) is 0 Å². The molecule has 0 aromatic carbocycles. The van der Waals surface area contributed by atoms with E-state index < -0.39 is 11.2 Å². The molecule has 0 radical (unpaired) electrons. The number of amides is 1. The van der Waals surface area contributed by atoms with Crippen molar-refractivity contribution in [3.63, 3.8) is 0 Å². The summed E-state index contributed by atoms with van der Waals surface area (Å²) >= 11 is 0. The summed E-state index contributed by atoms with van der Waals surface area (Å²) in [7, 11) is 0. The first kappa shape index (κ1) is 18.1. The van der Waals surface area contributed by atoms with E-state index in [2.05, 4.69) is 30.9 Å². The second kappa shape index (κ2) is 8.56. The minimum absolute atomic E-state index is 0.247. The summed E-state index contributed by atoms with van der Waals surface area (Å²) in [5, 5.41) is 14.1. The van der Waals surface area contributed by atoms with Crippen LogP contribution < -0.4 is 21.9 Å². The predicted molar refractivity (Wildman–Crippen MR) is 94.0 cm³/mol. The SMILES string of the molecule is O=C(NCCc1c[nH]c(=O)[nH]c1=O)c1cn(CC[C@H]2CCCCN2)nn1. The molecular weight excluding hydrogens is 338 g/mol. The Labute approximate surface area is 149 Å². The molecule has 2 aromatic heterocycles. The standard InChI is InChI=1S/C16H23N7O3/c24-14-11(9-19-16(26)20-14)4-7-18-15(25)13-10-23(22-21-13)8-5-12-3-1-2-6-17-12/h9-10,12,17H,1-8H2,(H,18,25)(H2,19,20,24,26)/t12-/m1/s1. The second-order valence-corrected chi connectivity index (χ2v) is 6.41. The summed E-state index contributed by atoms with van der Waals surface area (Å²) in [4.78, 5) is 39.2. The van der Waals surface area contributed by atoms with E-state index in [1.165, 1.54) is 25.5 Å². The summed E-state index contributed by atoms with van der Waals surface area (Å²) in [6.45, 7) is 2.03. The number of nitrogens with one attached hydrogen (secondary N) is 4. The van der Waals surface area contributed by atoms with Crippen LogP contribution in [0.1, 0.15) is 41.7 Å². The van der Waals surface area contributed by atoms with Crippen LogP contribution in [0.15, 0.2) is 22.0 Å². The molecule has 0 unspecified atom stereocenters. The molecule has 1 aliphatic rings. The van der Waals surface area contributed by atoms with Gasteiger partial charge in [0.05, 0.1) is 6.20 Å². The van der Waals surface area contributed by atoms with Gasteiger partial charge in [0.25, 0.3) is 11.5 Å². The lowest BCUT2D eigenvalue weighted by Crippen LogP contribution is -2.34. The Bertz CT molecular complexity index is 848. The maximum atomic E-state index is 12.1. The van der Waals surface area contributed by atoms with Crippen molar-refractivity contribution in [2.24, 2.45) is 0 Å².